The average molecular weight is 482 g/mol. The second-order valence-electron chi connectivity index (χ2n) is 9.27. The van der Waals surface area contributed by atoms with Gasteiger partial charge in [-0.15, -0.1) is 0 Å². The van der Waals surface area contributed by atoms with Crippen molar-refractivity contribution in [2.24, 2.45) is 0 Å². The first-order valence-electron chi connectivity index (χ1n) is 12.2. The zero-order chi connectivity index (χ0) is 23.7. The molecule has 0 spiro atoms. The van der Waals surface area contributed by atoms with E-state index in [9.17, 15) is 13.2 Å². The van der Waals surface area contributed by atoms with Crippen molar-refractivity contribution in [3.8, 4) is 0 Å². The Hall–Kier alpha value is -2.78. The number of hydrogen-bond donors (Lipinski definition) is 1. The van der Waals surface area contributed by atoms with Gasteiger partial charge in [0.05, 0.1) is 10.5 Å². The summed E-state index contributed by atoms with van der Waals surface area (Å²) in [6.45, 7) is 3.88. The third-order valence-corrected chi connectivity index (χ3v) is 8.67. The SMILES string of the molecule is Cc1cc(C(=O)Nc2ccc(S(=O)(=O)N3CCCCCC3)cc2)c2nc3n(c2n1)CCCCC3. The van der Waals surface area contributed by atoms with Crippen LogP contribution in [-0.4, -0.2) is 46.3 Å². The van der Waals surface area contributed by atoms with E-state index in [1.54, 1.807) is 34.6 Å². The fourth-order valence-electron chi connectivity index (χ4n) is 4.93. The number of imidazole rings is 1. The molecule has 0 radical (unpaired) electrons. The van der Waals surface area contributed by atoms with Crippen LogP contribution in [0.15, 0.2) is 35.2 Å². The maximum Gasteiger partial charge on any atom is 0.258 e. The summed E-state index contributed by atoms with van der Waals surface area (Å²) < 4.78 is 29.8. The number of aryl methyl sites for hydroxylation is 3. The second-order valence-corrected chi connectivity index (χ2v) is 11.2. The maximum atomic E-state index is 13.2. The molecule has 0 saturated carbocycles. The van der Waals surface area contributed by atoms with E-state index in [0.29, 0.717) is 29.9 Å². The van der Waals surface area contributed by atoms with Crippen molar-refractivity contribution in [3.63, 3.8) is 0 Å². The standard InChI is InChI=1S/C25H31N5O3S/c1-18-17-21(23-24(26-18)30-16-8-4-5-9-22(30)28-23)25(31)27-19-10-12-20(13-11-19)34(32,33)29-14-6-2-3-7-15-29/h10-13,17H,2-9,14-16H2,1H3,(H,27,31). The van der Waals surface area contributed by atoms with Crippen LogP contribution in [0.4, 0.5) is 5.69 Å². The van der Waals surface area contributed by atoms with Gasteiger partial charge < -0.3 is 9.88 Å². The van der Waals surface area contributed by atoms with Crippen LogP contribution in [0.25, 0.3) is 11.2 Å². The van der Waals surface area contributed by atoms with Crippen LogP contribution in [0, 0.1) is 6.92 Å². The first-order valence-corrected chi connectivity index (χ1v) is 13.7. The molecule has 1 aromatic carbocycles. The number of rotatable bonds is 4. The Bertz CT molecular complexity index is 1310. The predicted octanol–water partition coefficient (Wildman–Crippen LogP) is 4.28. The van der Waals surface area contributed by atoms with Crippen LogP contribution in [0.1, 0.15) is 66.8 Å². The second kappa shape index (κ2) is 9.46. The van der Waals surface area contributed by atoms with Crippen molar-refractivity contribution in [2.75, 3.05) is 18.4 Å². The minimum Gasteiger partial charge on any atom is -0.322 e. The number of hydrogen-bond acceptors (Lipinski definition) is 5. The number of nitrogens with one attached hydrogen (secondary N) is 1. The van der Waals surface area contributed by atoms with Gasteiger partial charge in [-0.25, -0.2) is 18.4 Å². The molecule has 5 rings (SSSR count). The highest BCUT2D eigenvalue weighted by molar-refractivity contribution is 7.89. The van der Waals surface area contributed by atoms with Crippen molar-refractivity contribution >= 4 is 32.8 Å². The molecule has 0 aliphatic carbocycles. The number of anilines is 1. The molecule has 8 nitrogen and oxygen atoms in total. The number of nitrogens with zero attached hydrogens (tertiary/aromatic N) is 4. The van der Waals surface area contributed by atoms with Crippen molar-refractivity contribution in [2.45, 2.75) is 69.7 Å². The van der Waals surface area contributed by atoms with Crippen molar-refractivity contribution in [1.29, 1.82) is 0 Å². The molecule has 2 aromatic heterocycles. The van der Waals surface area contributed by atoms with Crippen molar-refractivity contribution in [3.05, 3.63) is 47.4 Å². The topological polar surface area (TPSA) is 97.2 Å². The lowest BCUT2D eigenvalue weighted by Crippen LogP contribution is -2.31. The van der Waals surface area contributed by atoms with Gasteiger partial charge in [0.2, 0.25) is 10.0 Å². The largest absolute Gasteiger partial charge is 0.322 e. The summed E-state index contributed by atoms with van der Waals surface area (Å²) in [5, 5.41) is 2.91. The van der Waals surface area contributed by atoms with Gasteiger partial charge in [0, 0.05) is 37.4 Å². The first kappa shape index (κ1) is 23.0. The van der Waals surface area contributed by atoms with E-state index >= 15 is 0 Å². The van der Waals surface area contributed by atoms with Gasteiger partial charge in [0.15, 0.2) is 5.65 Å². The Morgan fingerprint density at radius 3 is 2.32 bits per heavy atom. The van der Waals surface area contributed by atoms with Gasteiger partial charge in [-0.3, -0.25) is 4.79 Å². The van der Waals surface area contributed by atoms with Crippen LogP contribution >= 0.6 is 0 Å². The molecule has 180 valence electrons. The lowest BCUT2D eigenvalue weighted by molar-refractivity contribution is 0.102. The molecule has 0 atom stereocenters. The third kappa shape index (κ3) is 4.46. The van der Waals surface area contributed by atoms with Gasteiger partial charge in [-0.05, 0) is 62.9 Å². The molecular weight excluding hydrogens is 450 g/mol. The maximum absolute atomic E-state index is 13.2. The number of amides is 1. The Morgan fingerprint density at radius 2 is 1.59 bits per heavy atom. The van der Waals surface area contributed by atoms with E-state index in [1.165, 1.54) is 6.42 Å². The smallest absolute Gasteiger partial charge is 0.258 e. The molecule has 0 bridgehead atoms. The number of carbonyl (C=O) groups is 1. The lowest BCUT2D eigenvalue weighted by atomic mass is 10.1. The number of benzene rings is 1. The highest BCUT2D eigenvalue weighted by atomic mass is 32.2. The van der Waals surface area contributed by atoms with Crippen molar-refractivity contribution in [1.82, 2.24) is 18.8 Å². The van der Waals surface area contributed by atoms with E-state index in [0.717, 1.165) is 68.7 Å². The Labute approximate surface area is 200 Å². The van der Waals surface area contributed by atoms with Gasteiger partial charge in [-0.1, -0.05) is 19.3 Å². The minimum atomic E-state index is -3.52. The summed E-state index contributed by atoms with van der Waals surface area (Å²) in [6, 6.07) is 8.21. The summed E-state index contributed by atoms with van der Waals surface area (Å²) in [4.78, 5) is 22.9. The Morgan fingerprint density at radius 1 is 0.912 bits per heavy atom. The number of carbonyl (C=O) groups excluding carboxylic acids is 1. The first-order chi connectivity index (χ1) is 16.4. The van der Waals surface area contributed by atoms with E-state index in [1.807, 2.05) is 6.92 Å². The molecule has 1 amide bonds. The summed E-state index contributed by atoms with van der Waals surface area (Å²) in [7, 11) is -3.52. The zero-order valence-electron chi connectivity index (χ0n) is 19.6. The molecule has 4 heterocycles. The molecule has 1 fully saturated rings. The Balaban J connectivity index is 1.38. The lowest BCUT2D eigenvalue weighted by Gasteiger charge is -2.20. The number of pyridine rings is 1. The monoisotopic (exact) mass is 481 g/mol. The van der Waals surface area contributed by atoms with Crippen LogP contribution < -0.4 is 5.32 Å². The number of aromatic nitrogens is 3. The fourth-order valence-corrected chi connectivity index (χ4v) is 6.45. The zero-order valence-corrected chi connectivity index (χ0v) is 20.4. The van der Waals surface area contributed by atoms with Gasteiger partial charge in [0.1, 0.15) is 11.3 Å². The fraction of sp³-hybridized carbons (Fsp3) is 0.480. The van der Waals surface area contributed by atoms with Gasteiger partial charge >= 0.3 is 0 Å². The number of sulfonamides is 1. The molecule has 1 N–H and O–H groups in total. The minimum absolute atomic E-state index is 0.257. The van der Waals surface area contributed by atoms with Gasteiger partial charge in [-0.2, -0.15) is 4.31 Å². The van der Waals surface area contributed by atoms with Crippen LogP contribution in [0.5, 0.6) is 0 Å². The molecule has 3 aromatic rings. The molecule has 9 heteroatoms. The molecular formula is C25H31N5O3S. The molecule has 2 aliphatic rings. The summed E-state index contributed by atoms with van der Waals surface area (Å²) >= 11 is 0. The van der Waals surface area contributed by atoms with Crippen LogP contribution in [0.2, 0.25) is 0 Å². The van der Waals surface area contributed by atoms with Gasteiger partial charge in [0.25, 0.3) is 5.91 Å². The van der Waals surface area contributed by atoms with E-state index in [2.05, 4.69) is 14.9 Å². The van der Waals surface area contributed by atoms with Crippen molar-refractivity contribution < 1.29 is 13.2 Å². The van der Waals surface area contributed by atoms with E-state index < -0.39 is 10.0 Å². The predicted molar refractivity (Wildman–Crippen MR) is 131 cm³/mol. The molecule has 34 heavy (non-hydrogen) atoms. The Kier molecular flexibility index (Phi) is 6.40. The highest BCUT2D eigenvalue weighted by Gasteiger charge is 2.25. The summed E-state index contributed by atoms with van der Waals surface area (Å²) in [5.41, 5.74) is 3.19. The van der Waals surface area contributed by atoms with E-state index in [-0.39, 0.29) is 10.8 Å². The average Bonchev–Trinajstić information content (AvgIpc) is 3.05. The third-order valence-electron chi connectivity index (χ3n) is 6.75. The quantitative estimate of drug-likeness (QED) is 0.600. The molecule has 2 aliphatic heterocycles. The van der Waals surface area contributed by atoms with Crippen LogP contribution in [0.3, 0.4) is 0 Å². The summed E-state index contributed by atoms with van der Waals surface area (Å²) in [6.07, 6.45) is 8.17. The molecule has 1 saturated heterocycles. The normalized spacial score (nSPS) is 17.7. The van der Waals surface area contributed by atoms with E-state index in [4.69, 9.17) is 4.98 Å². The van der Waals surface area contributed by atoms with Crippen LogP contribution in [-0.2, 0) is 23.0 Å². The molecule has 0 unspecified atom stereocenters. The number of fused-ring (bicyclic) bond motifs is 3. The summed E-state index contributed by atoms with van der Waals surface area (Å²) in [5.74, 6) is 0.717. The highest BCUT2D eigenvalue weighted by Crippen LogP contribution is 2.26.